The van der Waals surface area contributed by atoms with E-state index >= 15 is 0 Å². The Balaban J connectivity index is 2.22. The summed E-state index contributed by atoms with van der Waals surface area (Å²) >= 11 is 0. The third kappa shape index (κ3) is 2.03. The highest BCUT2D eigenvalue weighted by Crippen LogP contribution is 2.63. The van der Waals surface area contributed by atoms with Crippen LogP contribution >= 0.6 is 0 Å². The first kappa shape index (κ1) is 13.6. The normalized spacial score (nSPS) is 19.8. The minimum absolute atomic E-state index is 0.196. The molecule has 104 valence electrons. The molecular weight excluding hydrogens is 242 g/mol. The van der Waals surface area contributed by atoms with Crippen molar-refractivity contribution in [2.75, 3.05) is 18.2 Å². The predicted molar refractivity (Wildman–Crippen MR) is 75.0 cm³/mol. The summed E-state index contributed by atoms with van der Waals surface area (Å²) in [5.41, 5.74) is 6.79. The Hall–Kier alpha value is -1.78. The topological polar surface area (TPSA) is 77.2 Å². The standard InChI is InChI=1S/C14H21N3O2/c1-13(2)12(14(13,3)4)17-10-6-8(11(18)19-5)9(15)7-16-10/h6-7,12H,15H2,1-5H3,(H,16,17). The van der Waals surface area contributed by atoms with Crippen LogP contribution in [0.3, 0.4) is 0 Å². The maximum Gasteiger partial charge on any atom is 0.340 e. The van der Waals surface area contributed by atoms with Gasteiger partial charge in [0.15, 0.2) is 0 Å². The maximum absolute atomic E-state index is 11.6. The molecule has 0 radical (unpaired) electrons. The largest absolute Gasteiger partial charge is 0.465 e. The van der Waals surface area contributed by atoms with Crippen molar-refractivity contribution < 1.29 is 9.53 Å². The van der Waals surface area contributed by atoms with Crippen molar-refractivity contribution in [1.29, 1.82) is 0 Å². The van der Waals surface area contributed by atoms with E-state index in [0.29, 0.717) is 23.1 Å². The second kappa shape index (κ2) is 4.11. The summed E-state index contributed by atoms with van der Waals surface area (Å²) in [7, 11) is 1.34. The minimum atomic E-state index is -0.447. The third-order valence-corrected chi connectivity index (χ3v) is 4.65. The molecule has 1 aliphatic carbocycles. The molecule has 1 aromatic heterocycles. The van der Waals surface area contributed by atoms with E-state index in [4.69, 9.17) is 10.5 Å². The van der Waals surface area contributed by atoms with Crippen LogP contribution in [0, 0.1) is 10.8 Å². The summed E-state index contributed by atoms with van der Waals surface area (Å²) in [6.07, 6.45) is 1.48. The molecule has 0 saturated heterocycles. The van der Waals surface area contributed by atoms with Gasteiger partial charge in [0.25, 0.3) is 0 Å². The van der Waals surface area contributed by atoms with Gasteiger partial charge in [0, 0.05) is 6.04 Å². The molecule has 1 aliphatic rings. The number of nitrogens with two attached hydrogens (primary N) is 1. The summed E-state index contributed by atoms with van der Waals surface area (Å²) in [4.78, 5) is 15.8. The number of anilines is 2. The molecule has 0 aromatic carbocycles. The molecule has 1 aromatic rings. The lowest BCUT2D eigenvalue weighted by molar-refractivity contribution is 0.0602. The van der Waals surface area contributed by atoms with Gasteiger partial charge in [-0.3, -0.25) is 0 Å². The Morgan fingerprint density at radius 2 is 1.95 bits per heavy atom. The number of ether oxygens (including phenoxy) is 1. The number of pyridine rings is 1. The Labute approximate surface area is 113 Å². The van der Waals surface area contributed by atoms with Gasteiger partial charge in [-0.05, 0) is 16.9 Å². The van der Waals surface area contributed by atoms with E-state index in [-0.39, 0.29) is 10.8 Å². The lowest BCUT2D eigenvalue weighted by atomic mass is 10.0. The lowest BCUT2D eigenvalue weighted by Crippen LogP contribution is -2.13. The molecule has 0 unspecified atom stereocenters. The van der Waals surface area contributed by atoms with Gasteiger partial charge in [-0.25, -0.2) is 9.78 Å². The fourth-order valence-electron chi connectivity index (χ4n) is 2.54. The Morgan fingerprint density at radius 3 is 2.42 bits per heavy atom. The van der Waals surface area contributed by atoms with E-state index in [2.05, 4.69) is 38.0 Å². The first-order chi connectivity index (χ1) is 8.71. The zero-order valence-corrected chi connectivity index (χ0v) is 12.1. The number of hydrogen-bond donors (Lipinski definition) is 2. The molecule has 2 rings (SSSR count). The van der Waals surface area contributed by atoms with Crippen molar-refractivity contribution in [3.05, 3.63) is 17.8 Å². The second-order valence-corrected chi connectivity index (χ2v) is 6.17. The molecule has 0 amide bonds. The number of carbonyl (C=O) groups excluding carboxylic acids is 1. The van der Waals surface area contributed by atoms with E-state index in [1.165, 1.54) is 13.3 Å². The molecule has 0 bridgehead atoms. The molecular formula is C14H21N3O2. The Bertz CT molecular complexity index is 509. The van der Waals surface area contributed by atoms with Crippen LogP contribution in [0.15, 0.2) is 12.3 Å². The molecule has 5 heteroatoms. The van der Waals surface area contributed by atoms with Gasteiger partial charge in [0.1, 0.15) is 5.82 Å². The lowest BCUT2D eigenvalue weighted by Gasteiger charge is -2.10. The zero-order valence-electron chi connectivity index (χ0n) is 12.1. The van der Waals surface area contributed by atoms with Crippen molar-refractivity contribution in [3.63, 3.8) is 0 Å². The van der Waals surface area contributed by atoms with Crippen LogP contribution in [-0.2, 0) is 4.74 Å². The number of nitrogen functional groups attached to an aromatic ring is 1. The van der Waals surface area contributed by atoms with Crippen molar-refractivity contribution in [2.24, 2.45) is 10.8 Å². The number of methoxy groups -OCH3 is 1. The van der Waals surface area contributed by atoms with E-state index in [1.54, 1.807) is 6.07 Å². The van der Waals surface area contributed by atoms with Gasteiger partial charge in [0.05, 0.1) is 24.6 Å². The molecule has 0 atom stereocenters. The van der Waals surface area contributed by atoms with Crippen molar-refractivity contribution in [1.82, 2.24) is 4.98 Å². The average molecular weight is 263 g/mol. The molecule has 0 aliphatic heterocycles. The van der Waals surface area contributed by atoms with Crippen LogP contribution in [0.4, 0.5) is 11.5 Å². The summed E-state index contributed by atoms with van der Waals surface area (Å²) < 4.78 is 4.70. The Kier molecular flexibility index (Phi) is 2.96. The summed E-state index contributed by atoms with van der Waals surface area (Å²) in [5, 5.41) is 3.37. The second-order valence-electron chi connectivity index (χ2n) is 6.17. The number of nitrogens with zero attached hydrogens (tertiary/aromatic N) is 1. The monoisotopic (exact) mass is 263 g/mol. The van der Waals surface area contributed by atoms with Gasteiger partial charge < -0.3 is 15.8 Å². The van der Waals surface area contributed by atoms with Crippen LogP contribution in [0.1, 0.15) is 38.1 Å². The predicted octanol–water partition coefficient (Wildman–Crippen LogP) is 2.30. The van der Waals surface area contributed by atoms with E-state index < -0.39 is 5.97 Å². The number of aromatic nitrogens is 1. The fraction of sp³-hybridized carbons (Fsp3) is 0.571. The third-order valence-electron chi connectivity index (χ3n) is 4.65. The van der Waals surface area contributed by atoms with Gasteiger partial charge in [-0.15, -0.1) is 0 Å². The number of hydrogen-bond acceptors (Lipinski definition) is 5. The van der Waals surface area contributed by atoms with E-state index in [0.717, 1.165) is 0 Å². The van der Waals surface area contributed by atoms with Crippen LogP contribution < -0.4 is 11.1 Å². The van der Waals surface area contributed by atoms with Crippen molar-refractivity contribution >= 4 is 17.5 Å². The molecule has 0 spiro atoms. The highest BCUT2D eigenvalue weighted by molar-refractivity contribution is 5.95. The molecule has 1 saturated carbocycles. The quantitative estimate of drug-likeness (QED) is 0.818. The smallest absolute Gasteiger partial charge is 0.340 e. The first-order valence-corrected chi connectivity index (χ1v) is 6.32. The summed E-state index contributed by atoms with van der Waals surface area (Å²) in [5.74, 6) is 0.204. The molecule has 19 heavy (non-hydrogen) atoms. The number of carbonyl (C=O) groups is 1. The number of nitrogens with one attached hydrogen (secondary N) is 1. The summed E-state index contributed by atoms with van der Waals surface area (Å²) in [6.45, 7) is 8.85. The first-order valence-electron chi connectivity index (χ1n) is 6.32. The number of rotatable bonds is 3. The minimum Gasteiger partial charge on any atom is -0.465 e. The van der Waals surface area contributed by atoms with Crippen LogP contribution in [0.2, 0.25) is 0 Å². The number of esters is 1. The Morgan fingerprint density at radius 1 is 1.37 bits per heavy atom. The molecule has 5 nitrogen and oxygen atoms in total. The zero-order chi connectivity index (χ0) is 14.4. The average Bonchev–Trinajstić information content (AvgIpc) is 2.73. The van der Waals surface area contributed by atoms with Crippen LogP contribution in [-0.4, -0.2) is 24.1 Å². The SMILES string of the molecule is COC(=O)c1cc(NC2C(C)(C)C2(C)C)ncc1N. The van der Waals surface area contributed by atoms with Crippen molar-refractivity contribution in [3.8, 4) is 0 Å². The van der Waals surface area contributed by atoms with E-state index in [1.807, 2.05) is 0 Å². The maximum atomic E-state index is 11.6. The fourth-order valence-corrected chi connectivity index (χ4v) is 2.54. The van der Waals surface area contributed by atoms with Gasteiger partial charge >= 0.3 is 5.97 Å². The molecule has 3 N–H and O–H groups in total. The van der Waals surface area contributed by atoms with Crippen LogP contribution in [0.25, 0.3) is 0 Å². The van der Waals surface area contributed by atoms with Crippen molar-refractivity contribution in [2.45, 2.75) is 33.7 Å². The highest BCUT2D eigenvalue weighted by atomic mass is 16.5. The molecule has 1 heterocycles. The van der Waals surface area contributed by atoms with Gasteiger partial charge in [-0.1, -0.05) is 27.7 Å². The molecule has 1 fully saturated rings. The summed E-state index contributed by atoms with van der Waals surface area (Å²) in [6, 6.07) is 1.97. The van der Waals surface area contributed by atoms with Gasteiger partial charge in [0.2, 0.25) is 0 Å². The van der Waals surface area contributed by atoms with Gasteiger partial charge in [-0.2, -0.15) is 0 Å². The van der Waals surface area contributed by atoms with E-state index in [9.17, 15) is 4.79 Å². The van der Waals surface area contributed by atoms with Crippen LogP contribution in [0.5, 0.6) is 0 Å². The highest BCUT2D eigenvalue weighted by Gasteiger charge is 2.65.